The van der Waals surface area contributed by atoms with Gasteiger partial charge in [-0.2, -0.15) is 0 Å². The second-order valence-corrected chi connectivity index (χ2v) is 4.73. The molecule has 1 aliphatic rings. The van der Waals surface area contributed by atoms with E-state index in [1.54, 1.807) is 6.26 Å². The van der Waals surface area contributed by atoms with Crippen molar-refractivity contribution in [2.24, 2.45) is 0 Å². The summed E-state index contributed by atoms with van der Waals surface area (Å²) in [5, 5.41) is 3.20. The Morgan fingerprint density at radius 1 is 1.56 bits per heavy atom. The molecule has 2 unspecified atom stereocenters. The molecular weight excluding hydrogens is 232 g/mol. The zero-order chi connectivity index (χ0) is 13.1. The fourth-order valence-electron chi connectivity index (χ4n) is 2.13. The van der Waals surface area contributed by atoms with Crippen molar-refractivity contribution in [2.75, 3.05) is 7.05 Å². The molecule has 0 aliphatic carbocycles. The second kappa shape index (κ2) is 5.35. The van der Waals surface area contributed by atoms with E-state index in [-0.39, 0.29) is 30.3 Å². The van der Waals surface area contributed by atoms with Gasteiger partial charge in [0.25, 0.3) is 0 Å². The van der Waals surface area contributed by atoms with Crippen LogP contribution in [0, 0.1) is 0 Å². The average molecular weight is 250 g/mol. The highest BCUT2D eigenvalue weighted by Gasteiger charge is 2.36. The van der Waals surface area contributed by atoms with Gasteiger partial charge < -0.3 is 9.73 Å². The first-order valence-electron chi connectivity index (χ1n) is 6.16. The van der Waals surface area contributed by atoms with Gasteiger partial charge in [-0.1, -0.05) is 0 Å². The van der Waals surface area contributed by atoms with E-state index in [1.165, 1.54) is 11.9 Å². The summed E-state index contributed by atoms with van der Waals surface area (Å²) < 4.78 is 5.25. The molecule has 1 aliphatic heterocycles. The normalized spacial score (nSPS) is 21.7. The molecule has 1 fully saturated rings. The molecule has 1 aromatic rings. The molecule has 1 N–H and O–H groups in total. The molecule has 2 rings (SSSR count). The van der Waals surface area contributed by atoms with Crippen LogP contribution in [0.1, 0.15) is 25.5 Å². The lowest BCUT2D eigenvalue weighted by Crippen LogP contribution is -2.42. The summed E-state index contributed by atoms with van der Waals surface area (Å²) in [5.41, 5.74) is 0. The van der Waals surface area contributed by atoms with Crippen LogP contribution in [0.5, 0.6) is 0 Å². The highest BCUT2D eigenvalue weighted by molar-refractivity contribution is 6.05. The third-order valence-corrected chi connectivity index (χ3v) is 3.27. The first-order chi connectivity index (χ1) is 8.58. The van der Waals surface area contributed by atoms with Crippen LogP contribution in [0.3, 0.4) is 0 Å². The van der Waals surface area contributed by atoms with Crippen LogP contribution in [0.4, 0.5) is 0 Å². The molecular formula is C13H18N2O3. The topological polar surface area (TPSA) is 62.6 Å². The SMILES string of the molecule is CC(CCc1ccco1)NC1CC(=O)N(C)C1=O. The van der Waals surface area contributed by atoms with Crippen molar-refractivity contribution in [3.05, 3.63) is 24.2 Å². The van der Waals surface area contributed by atoms with Gasteiger partial charge in [0.2, 0.25) is 11.8 Å². The van der Waals surface area contributed by atoms with Crippen molar-refractivity contribution in [2.45, 2.75) is 38.3 Å². The molecule has 2 atom stereocenters. The maximum Gasteiger partial charge on any atom is 0.246 e. The number of furan rings is 1. The number of hydrogen-bond acceptors (Lipinski definition) is 4. The summed E-state index contributed by atoms with van der Waals surface area (Å²) in [5.74, 6) is 0.690. The van der Waals surface area contributed by atoms with Crippen molar-refractivity contribution >= 4 is 11.8 Å². The Kier molecular flexibility index (Phi) is 3.81. The molecule has 1 saturated heterocycles. The fraction of sp³-hybridized carbons (Fsp3) is 0.538. The lowest BCUT2D eigenvalue weighted by atomic mass is 10.1. The first-order valence-corrected chi connectivity index (χ1v) is 6.16. The molecule has 1 aromatic heterocycles. The van der Waals surface area contributed by atoms with Crippen LogP contribution < -0.4 is 5.32 Å². The molecule has 0 saturated carbocycles. The van der Waals surface area contributed by atoms with Crippen LogP contribution in [0.15, 0.2) is 22.8 Å². The summed E-state index contributed by atoms with van der Waals surface area (Å²) in [4.78, 5) is 24.3. The molecule has 0 bridgehead atoms. The van der Waals surface area contributed by atoms with Crippen molar-refractivity contribution in [3.63, 3.8) is 0 Å². The van der Waals surface area contributed by atoms with Gasteiger partial charge in [0.1, 0.15) is 5.76 Å². The van der Waals surface area contributed by atoms with Gasteiger partial charge in [0, 0.05) is 19.5 Å². The van der Waals surface area contributed by atoms with Crippen molar-refractivity contribution in [1.29, 1.82) is 0 Å². The largest absolute Gasteiger partial charge is 0.469 e. The van der Waals surface area contributed by atoms with Gasteiger partial charge in [0.05, 0.1) is 18.7 Å². The van der Waals surface area contributed by atoms with Crippen molar-refractivity contribution in [3.8, 4) is 0 Å². The number of imide groups is 1. The van der Waals surface area contributed by atoms with E-state index in [1.807, 2.05) is 19.1 Å². The highest BCUT2D eigenvalue weighted by atomic mass is 16.3. The van der Waals surface area contributed by atoms with E-state index in [9.17, 15) is 9.59 Å². The molecule has 5 heteroatoms. The van der Waals surface area contributed by atoms with Crippen LogP contribution in [0.2, 0.25) is 0 Å². The number of hydrogen-bond donors (Lipinski definition) is 1. The minimum absolute atomic E-state index is 0.115. The zero-order valence-electron chi connectivity index (χ0n) is 10.7. The Balaban J connectivity index is 1.79. The first kappa shape index (κ1) is 12.8. The maximum absolute atomic E-state index is 11.7. The lowest BCUT2D eigenvalue weighted by Gasteiger charge is -2.17. The predicted molar refractivity (Wildman–Crippen MR) is 65.8 cm³/mol. The van der Waals surface area contributed by atoms with E-state index in [2.05, 4.69) is 5.32 Å². The summed E-state index contributed by atoms with van der Waals surface area (Å²) in [6.45, 7) is 2.01. The Hall–Kier alpha value is -1.62. The number of aryl methyl sites for hydroxylation is 1. The fourth-order valence-corrected chi connectivity index (χ4v) is 2.13. The molecule has 0 spiro atoms. The standard InChI is InChI=1S/C13H18N2O3/c1-9(5-6-10-4-3-7-18-10)14-11-8-12(16)15(2)13(11)17/h3-4,7,9,11,14H,5-6,8H2,1-2H3. The molecule has 98 valence electrons. The average Bonchev–Trinajstić information content (AvgIpc) is 2.93. The lowest BCUT2D eigenvalue weighted by molar-refractivity contribution is -0.137. The number of rotatable bonds is 5. The highest BCUT2D eigenvalue weighted by Crippen LogP contribution is 2.13. The zero-order valence-corrected chi connectivity index (χ0v) is 10.7. The Bertz CT molecular complexity index is 427. The Labute approximate surface area is 106 Å². The number of nitrogens with one attached hydrogen (secondary N) is 1. The summed E-state index contributed by atoms with van der Waals surface area (Å²) in [6.07, 6.45) is 3.61. The number of likely N-dealkylation sites (tertiary alicyclic amines) is 1. The third-order valence-electron chi connectivity index (χ3n) is 3.27. The quantitative estimate of drug-likeness (QED) is 0.790. The third kappa shape index (κ3) is 2.79. The molecule has 0 radical (unpaired) electrons. The summed E-state index contributed by atoms with van der Waals surface area (Å²) in [6, 6.07) is 3.60. The smallest absolute Gasteiger partial charge is 0.246 e. The van der Waals surface area contributed by atoms with Crippen LogP contribution in [-0.4, -0.2) is 35.8 Å². The number of carbonyl (C=O) groups is 2. The van der Waals surface area contributed by atoms with Gasteiger partial charge in [-0.15, -0.1) is 0 Å². The van der Waals surface area contributed by atoms with E-state index in [0.717, 1.165) is 18.6 Å². The van der Waals surface area contributed by atoms with E-state index in [0.29, 0.717) is 0 Å². The van der Waals surface area contributed by atoms with Crippen LogP contribution >= 0.6 is 0 Å². The van der Waals surface area contributed by atoms with Gasteiger partial charge in [-0.25, -0.2) is 0 Å². The van der Waals surface area contributed by atoms with E-state index >= 15 is 0 Å². The molecule has 2 amide bonds. The minimum atomic E-state index is -0.367. The number of nitrogens with zero attached hydrogens (tertiary/aromatic N) is 1. The van der Waals surface area contributed by atoms with Gasteiger partial charge in [-0.05, 0) is 25.5 Å². The van der Waals surface area contributed by atoms with Gasteiger partial charge in [-0.3, -0.25) is 14.5 Å². The second-order valence-electron chi connectivity index (χ2n) is 4.73. The summed E-state index contributed by atoms with van der Waals surface area (Å²) in [7, 11) is 1.53. The molecule has 18 heavy (non-hydrogen) atoms. The molecule has 2 heterocycles. The number of likely N-dealkylation sites (N-methyl/N-ethyl adjacent to an activating group) is 1. The predicted octanol–water partition coefficient (Wildman–Crippen LogP) is 0.948. The minimum Gasteiger partial charge on any atom is -0.469 e. The Morgan fingerprint density at radius 2 is 2.33 bits per heavy atom. The van der Waals surface area contributed by atoms with Crippen molar-refractivity contribution < 1.29 is 14.0 Å². The number of amides is 2. The van der Waals surface area contributed by atoms with E-state index in [4.69, 9.17) is 4.42 Å². The van der Waals surface area contributed by atoms with Gasteiger partial charge in [0.15, 0.2) is 0 Å². The van der Waals surface area contributed by atoms with Gasteiger partial charge >= 0.3 is 0 Å². The number of carbonyl (C=O) groups excluding carboxylic acids is 2. The molecule has 5 nitrogen and oxygen atoms in total. The van der Waals surface area contributed by atoms with Crippen molar-refractivity contribution in [1.82, 2.24) is 10.2 Å². The molecule has 0 aromatic carbocycles. The van der Waals surface area contributed by atoms with Crippen LogP contribution in [-0.2, 0) is 16.0 Å². The Morgan fingerprint density at radius 3 is 2.89 bits per heavy atom. The van der Waals surface area contributed by atoms with E-state index < -0.39 is 0 Å². The monoisotopic (exact) mass is 250 g/mol. The maximum atomic E-state index is 11.7. The van der Waals surface area contributed by atoms with Crippen LogP contribution in [0.25, 0.3) is 0 Å². The summed E-state index contributed by atoms with van der Waals surface area (Å²) >= 11 is 0.